The van der Waals surface area contributed by atoms with Crippen molar-refractivity contribution in [2.45, 2.75) is 11.0 Å². The van der Waals surface area contributed by atoms with E-state index in [4.69, 9.17) is 4.74 Å². The maximum Gasteiger partial charge on any atom is 0.337 e. The predicted molar refractivity (Wildman–Crippen MR) is 71.8 cm³/mol. The van der Waals surface area contributed by atoms with Crippen LogP contribution < -0.4 is 0 Å². The molecule has 0 aliphatic heterocycles. The van der Waals surface area contributed by atoms with Crippen molar-refractivity contribution in [2.24, 2.45) is 0 Å². The Morgan fingerprint density at radius 2 is 1.81 bits per heavy atom. The van der Waals surface area contributed by atoms with Crippen LogP contribution >= 0.6 is 23.5 Å². The van der Waals surface area contributed by atoms with Gasteiger partial charge in [0.25, 0.3) is 0 Å². The highest BCUT2D eigenvalue weighted by Crippen LogP contribution is 2.44. The maximum atomic E-state index is 12.1. The zero-order chi connectivity index (χ0) is 12.0. The average molecular weight is 256 g/mol. The molecule has 0 saturated heterocycles. The van der Waals surface area contributed by atoms with Gasteiger partial charge in [-0.3, -0.25) is 0 Å². The molecule has 2 nitrogen and oxygen atoms in total. The lowest BCUT2D eigenvalue weighted by molar-refractivity contribution is -0.143. The number of thioether (sulfide) groups is 2. The lowest BCUT2D eigenvalue weighted by Crippen LogP contribution is -2.30. The average Bonchev–Trinajstić information content (AvgIpc) is 2.33. The first kappa shape index (κ1) is 13.5. The second kappa shape index (κ2) is 6.21. The molecule has 0 aliphatic carbocycles. The highest BCUT2D eigenvalue weighted by molar-refractivity contribution is 8.18. The van der Waals surface area contributed by atoms with Crippen molar-refractivity contribution < 1.29 is 9.53 Å². The molecule has 0 atom stereocenters. The molecule has 1 rings (SSSR count). The molecular weight excluding hydrogens is 240 g/mol. The first-order valence-corrected chi connectivity index (χ1v) is 7.49. The summed E-state index contributed by atoms with van der Waals surface area (Å²) in [7, 11) is 0. The van der Waals surface area contributed by atoms with Crippen LogP contribution in [0.1, 0.15) is 12.5 Å². The van der Waals surface area contributed by atoms with Gasteiger partial charge < -0.3 is 4.74 Å². The molecule has 4 heteroatoms. The van der Waals surface area contributed by atoms with Crippen molar-refractivity contribution in [3.8, 4) is 0 Å². The van der Waals surface area contributed by atoms with E-state index in [-0.39, 0.29) is 5.97 Å². The summed E-state index contributed by atoms with van der Waals surface area (Å²) in [6.07, 6.45) is 3.86. The Kier molecular flexibility index (Phi) is 5.22. The van der Waals surface area contributed by atoms with Gasteiger partial charge in [-0.2, -0.15) is 0 Å². The second-order valence-electron chi connectivity index (χ2n) is 3.11. The van der Waals surface area contributed by atoms with Gasteiger partial charge in [0, 0.05) is 0 Å². The molecule has 88 valence electrons. The first-order valence-electron chi connectivity index (χ1n) is 5.04. The van der Waals surface area contributed by atoms with Gasteiger partial charge in [0.1, 0.15) is 0 Å². The summed E-state index contributed by atoms with van der Waals surface area (Å²) in [5.41, 5.74) is 0.980. The van der Waals surface area contributed by atoms with E-state index in [1.807, 2.05) is 49.8 Å². The number of rotatable bonds is 5. The predicted octanol–water partition coefficient (Wildman–Crippen LogP) is 3.13. The number of esters is 1. The van der Waals surface area contributed by atoms with Crippen molar-refractivity contribution >= 4 is 29.5 Å². The number of benzene rings is 1. The fraction of sp³-hybridized carbons (Fsp3) is 0.417. The van der Waals surface area contributed by atoms with Crippen LogP contribution in [0.5, 0.6) is 0 Å². The summed E-state index contributed by atoms with van der Waals surface area (Å²) >= 11 is 3.01. The largest absolute Gasteiger partial charge is 0.464 e. The molecule has 0 radical (unpaired) electrons. The molecule has 0 fully saturated rings. The molecule has 0 N–H and O–H groups in total. The monoisotopic (exact) mass is 256 g/mol. The van der Waals surface area contributed by atoms with Gasteiger partial charge in [-0.1, -0.05) is 30.3 Å². The lowest BCUT2D eigenvalue weighted by Gasteiger charge is -2.27. The van der Waals surface area contributed by atoms with E-state index in [2.05, 4.69) is 0 Å². The number of hydrogen-bond donors (Lipinski definition) is 0. The molecule has 0 aliphatic rings. The molecule has 0 bridgehead atoms. The van der Waals surface area contributed by atoms with Gasteiger partial charge in [-0.25, -0.2) is 4.79 Å². The van der Waals surface area contributed by atoms with Crippen LogP contribution in [0.4, 0.5) is 0 Å². The molecule has 0 spiro atoms. The molecule has 16 heavy (non-hydrogen) atoms. The van der Waals surface area contributed by atoms with Crippen molar-refractivity contribution in [2.75, 3.05) is 19.1 Å². The molecule has 1 aromatic rings. The lowest BCUT2D eigenvalue weighted by atomic mass is 10.1. The zero-order valence-corrected chi connectivity index (χ0v) is 11.4. The Bertz CT molecular complexity index is 334. The first-order chi connectivity index (χ1) is 7.71. The van der Waals surface area contributed by atoms with Gasteiger partial charge in [0.15, 0.2) is 4.08 Å². The number of hydrogen-bond acceptors (Lipinski definition) is 4. The Morgan fingerprint density at radius 1 is 1.25 bits per heavy atom. The molecular formula is C12H16O2S2. The van der Waals surface area contributed by atoms with Crippen LogP contribution in [0.15, 0.2) is 30.3 Å². The Labute approximate surface area is 105 Å². The zero-order valence-electron chi connectivity index (χ0n) is 9.73. The van der Waals surface area contributed by atoms with E-state index >= 15 is 0 Å². The molecule has 0 aromatic heterocycles. The minimum atomic E-state index is -0.642. The van der Waals surface area contributed by atoms with Crippen LogP contribution in [-0.2, 0) is 13.6 Å². The van der Waals surface area contributed by atoms with E-state index in [9.17, 15) is 4.79 Å². The quantitative estimate of drug-likeness (QED) is 0.597. The van der Waals surface area contributed by atoms with Gasteiger partial charge >= 0.3 is 5.97 Å². The van der Waals surface area contributed by atoms with Crippen LogP contribution in [-0.4, -0.2) is 25.1 Å². The maximum absolute atomic E-state index is 12.1. The van der Waals surface area contributed by atoms with Gasteiger partial charge in [-0.15, -0.1) is 23.5 Å². The highest BCUT2D eigenvalue weighted by atomic mass is 32.2. The topological polar surface area (TPSA) is 26.3 Å². The SMILES string of the molecule is CCOC(=O)C(SC)(SC)c1ccccc1. The normalized spacial score (nSPS) is 11.2. The standard InChI is InChI=1S/C12H16O2S2/c1-4-14-11(13)12(15-2,16-3)10-8-6-5-7-9-10/h5-9H,4H2,1-3H3. The van der Waals surface area contributed by atoms with E-state index in [0.29, 0.717) is 6.61 Å². The van der Waals surface area contributed by atoms with Crippen molar-refractivity contribution in [3.63, 3.8) is 0 Å². The van der Waals surface area contributed by atoms with Gasteiger partial charge in [0.2, 0.25) is 0 Å². The summed E-state index contributed by atoms with van der Waals surface area (Å²) < 4.78 is 4.52. The third kappa shape index (κ3) is 2.55. The van der Waals surface area contributed by atoms with Crippen molar-refractivity contribution in [3.05, 3.63) is 35.9 Å². The summed E-state index contributed by atoms with van der Waals surface area (Å²) in [6.45, 7) is 2.24. The molecule has 1 aromatic carbocycles. The Balaban J connectivity index is 3.10. The third-order valence-electron chi connectivity index (χ3n) is 2.27. The molecule has 0 saturated carbocycles. The minimum absolute atomic E-state index is 0.179. The van der Waals surface area contributed by atoms with Crippen molar-refractivity contribution in [1.82, 2.24) is 0 Å². The molecule has 0 heterocycles. The summed E-state index contributed by atoms with van der Waals surface area (Å²) in [5, 5.41) is 0. The van der Waals surface area contributed by atoms with E-state index in [1.54, 1.807) is 0 Å². The van der Waals surface area contributed by atoms with E-state index in [1.165, 1.54) is 23.5 Å². The second-order valence-corrected chi connectivity index (χ2v) is 5.41. The fourth-order valence-electron chi connectivity index (χ4n) is 1.49. The molecule has 0 amide bonds. The van der Waals surface area contributed by atoms with Crippen LogP contribution in [0, 0.1) is 0 Å². The number of ether oxygens (including phenoxy) is 1. The highest BCUT2D eigenvalue weighted by Gasteiger charge is 2.40. The Morgan fingerprint density at radius 3 is 2.25 bits per heavy atom. The van der Waals surface area contributed by atoms with Gasteiger partial charge in [0.05, 0.1) is 6.61 Å². The van der Waals surface area contributed by atoms with E-state index in [0.717, 1.165) is 5.56 Å². The Hall–Kier alpha value is -0.610. The number of carbonyl (C=O) groups is 1. The molecule has 0 unspecified atom stereocenters. The number of carbonyl (C=O) groups excluding carboxylic acids is 1. The summed E-state index contributed by atoms with van der Waals surface area (Å²) in [6, 6.07) is 9.75. The summed E-state index contributed by atoms with van der Waals surface area (Å²) in [4.78, 5) is 12.1. The third-order valence-corrected chi connectivity index (χ3v) is 5.23. The fourth-order valence-corrected chi connectivity index (χ4v) is 3.35. The van der Waals surface area contributed by atoms with Crippen LogP contribution in [0.25, 0.3) is 0 Å². The smallest absolute Gasteiger partial charge is 0.337 e. The minimum Gasteiger partial charge on any atom is -0.464 e. The van der Waals surface area contributed by atoms with Crippen LogP contribution in [0.2, 0.25) is 0 Å². The van der Waals surface area contributed by atoms with Crippen LogP contribution in [0.3, 0.4) is 0 Å². The van der Waals surface area contributed by atoms with Gasteiger partial charge in [-0.05, 0) is 25.0 Å². The van der Waals surface area contributed by atoms with Crippen molar-refractivity contribution in [1.29, 1.82) is 0 Å². The van der Waals surface area contributed by atoms with E-state index < -0.39 is 4.08 Å². The summed E-state index contributed by atoms with van der Waals surface area (Å²) in [5.74, 6) is -0.179.